The highest BCUT2D eigenvalue weighted by Crippen LogP contribution is 2.25. The number of rotatable bonds is 22. The predicted octanol–water partition coefficient (Wildman–Crippen LogP) is 5.25. The van der Waals surface area contributed by atoms with E-state index in [1.54, 1.807) is 73.1 Å². The van der Waals surface area contributed by atoms with Gasteiger partial charge in [-0.1, -0.05) is 5.11 Å². The van der Waals surface area contributed by atoms with Gasteiger partial charge in [0.15, 0.2) is 38.7 Å². The van der Waals surface area contributed by atoms with Crippen molar-refractivity contribution in [2.24, 2.45) is 5.11 Å². The fourth-order valence-electron chi connectivity index (χ4n) is 4.56. The van der Waals surface area contributed by atoms with Crippen molar-refractivity contribution in [3.63, 3.8) is 0 Å². The highest BCUT2D eigenvalue weighted by Gasteiger charge is 2.30. The average Bonchev–Trinajstić information content (AvgIpc) is 4.17. The Morgan fingerprint density at radius 3 is 1.39 bits per heavy atom. The van der Waals surface area contributed by atoms with E-state index in [0.29, 0.717) is 53.3 Å². The second-order valence-corrected chi connectivity index (χ2v) is 18.4. The fraction of sp³-hybridized carbons (Fsp3) is 0.463. The Morgan fingerprint density at radius 1 is 0.613 bits per heavy atom. The average molecular weight is 1130 g/mol. The normalized spacial score (nSPS) is 11.2. The van der Waals surface area contributed by atoms with E-state index in [2.05, 4.69) is 61.9 Å². The summed E-state index contributed by atoms with van der Waals surface area (Å²) in [6.45, 7) is 15.9. The van der Waals surface area contributed by atoms with Crippen molar-refractivity contribution in [1.29, 1.82) is 0 Å². The van der Waals surface area contributed by atoms with Gasteiger partial charge < -0.3 is 65.8 Å². The van der Waals surface area contributed by atoms with Crippen LogP contribution in [-0.2, 0) is 68.5 Å². The van der Waals surface area contributed by atoms with Crippen LogP contribution in [0.1, 0.15) is 103 Å². The third kappa shape index (κ3) is 28.2. The molecule has 8 N–H and O–H groups in total. The number of ether oxygens (including phenoxy) is 5. The summed E-state index contributed by atoms with van der Waals surface area (Å²) in [5, 5.41) is 41.1. The monoisotopic (exact) mass is 1130 g/mol. The highest BCUT2D eigenvalue weighted by molar-refractivity contribution is 7.14. The zero-order chi connectivity index (χ0) is 57.1. The number of carboxylic acids is 1. The van der Waals surface area contributed by atoms with Crippen LogP contribution < -0.4 is 31.9 Å². The van der Waals surface area contributed by atoms with Gasteiger partial charge in [0.05, 0.1) is 49.0 Å². The van der Waals surface area contributed by atoms with E-state index in [1.165, 1.54) is 22.1 Å². The maximum Gasteiger partial charge on any atom is 0.408 e. The zero-order valence-corrected chi connectivity index (χ0v) is 45.2. The lowest BCUT2D eigenvalue weighted by atomic mass is 10.2. The molecule has 0 saturated heterocycles. The highest BCUT2D eigenvalue weighted by atomic mass is 32.1. The lowest BCUT2D eigenvalue weighted by Gasteiger charge is -2.22. The van der Waals surface area contributed by atoms with Gasteiger partial charge in [0.1, 0.15) is 11.2 Å². The minimum Gasteiger partial charge on any atom is -0.479 e. The molecule has 4 rings (SSSR count). The number of carbonyl (C=O) groups excluding carboxylic acids is 9. The van der Waals surface area contributed by atoms with E-state index in [4.69, 9.17) is 39.4 Å². The van der Waals surface area contributed by atoms with E-state index in [0.717, 1.165) is 41.1 Å². The van der Waals surface area contributed by atoms with Gasteiger partial charge in [-0.25, -0.2) is 39.1 Å². The summed E-state index contributed by atoms with van der Waals surface area (Å²) in [6, 6.07) is -3.57. The summed E-state index contributed by atoms with van der Waals surface area (Å²) in [6.07, 6.45) is 0.447. The Balaban J connectivity index is 0.000000973. The molecule has 0 bridgehead atoms. The minimum absolute atomic E-state index is 0.109. The summed E-state index contributed by atoms with van der Waals surface area (Å²) in [5.74, 6) is -2.92. The second-order valence-electron chi connectivity index (χ2n) is 15.0. The first-order valence-electron chi connectivity index (χ1n) is 21.3. The van der Waals surface area contributed by atoms with Crippen LogP contribution in [0, 0.1) is 0 Å². The number of aliphatic carboxylic acids is 1. The molecule has 34 heteroatoms. The number of hydrogen-bond donors (Lipinski definition) is 8. The van der Waals surface area contributed by atoms with Crippen molar-refractivity contribution in [3.05, 3.63) is 54.7 Å². The van der Waals surface area contributed by atoms with Crippen LogP contribution in [0.15, 0.2) is 26.6 Å². The van der Waals surface area contributed by atoms with E-state index in [-0.39, 0.29) is 47.8 Å². The molecule has 0 radical (unpaired) electrons. The number of carboxylic acid groups (broad SMARTS) is 1. The molecular formula is C41H57N13O17S4. The third-order valence-electron chi connectivity index (χ3n) is 7.12. The molecule has 4 heterocycles. The number of amides is 6. The van der Waals surface area contributed by atoms with Crippen LogP contribution in [0.3, 0.4) is 0 Å². The van der Waals surface area contributed by atoms with Gasteiger partial charge in [-0.3, -0.25) is 28.8 Å². The maximum atomic E-state index is 12.0. The first kappa shape index (κ1) is 67.1. The molecule has 412 valence electrons. The number of nitrogens with zero attached hydrogens (tertiary/aromatic N) is 7. The molecule has 0 spiro atoms. The lowest BCUT2D eigenvalue weighted by molar-refractivity contribution is -0.146. The van der Waals surface area contributed by atoms with Crippen LogP contribution in [0.4, 0.5) is 30.1 Å². The van der Waals surface area contributed by atoms with Gasteiger partial charge in [-0.05, 0) is 67.8 Å². The number of aliphatic hydroxyl groups excluding tert-OH is 1. The molecule has 4 aromatic heterocycles. The molecule has 0 fully saturated rings. The SMILES string of the molecule is CC(C)(C)OC(=O)NC(C(=O)O)c1csc(NC=O)n1.CCOC(=O)C(N=[N+]=[N-])c1csc(NC=O)n1.CCOC(=O)C(NC(=O)OC(C)(C)C)c1csc(NC=O)n1.CCOC(=O)Cc1csc(NC=O)n1.CO. The van der Waals surface area contributed by atoms with Crippen molar-refractivity contribution in [2.45, 2.75) is 98.1 Å². The quantitative estimate of drug-likeness (QED) is 0.0124. The molecule has 3 atom stereocenters. The lowest BCUT2D eigenvalue weighted by Crippen LogP contribution is -2.39. The fourth-order valence-corrected chi connectivity index (χ4v) is 7.31. The van der Waals surface area contributed by atoms with E-state index >= 15 is 0 Å². The summed E-state index contributed by atoms with van der Waals surface area (Å²) in [5.41, 5.74) is 8.17. The first-order valence-corrected chi connectivity index (χ1v) is 24.8. The van der Waals surface area contributed by atoms with Crippen molar-refractivity contribution in [3.8, 4) is 0 Å². The van der Waals surface area contributed by atoms with E-state index < -0.39 is 59.4 Å². The van der Waals surface area contributed by atoms with Crippen LogP contribution >= 0.6 is 45.3 Å². The van der Waals surface area contributed by atoms with Gasteiger partial charge in [0.25, 0.3) is 0 Å². The molecule has 4 aromatic rings. The number of azide groups is 1. The maximum absolute atomic E-state index is 12.0. The summed E-state index contributed by atoms with van der Waals surface area (Å²) in [4.78, 5) is 129. The van der Waals surface area contributed by atoms with Crippen molar-refractivity contribution >= 4 is 128 Å². The summed E-state index contributed by atoms with van der Waals surface area (Å²) in [7, 11) is 1.00. The number of aromatic nitrogens is 4. The van der Waals surface area contributed by atoms with Crippen LogP contribution in [0.2, 0.25) is 0 Å². The van der Waals surface area contributed by atoms with Crippen LogP contribution in [-0.4, -0.2) is 130 Å². The van der Waals surface area contributed by atoms with E-state index in [1.807, 2.05) is 0 Å². The molecular weight excluding hydrogens is 1070 g/mol. The van der Waals surface area contributed by atoms with Crippen LogP contribution in [0.25, 0.3) is 10.4 Å². The Bertz CT molecular complexity index is 2500. The molecule has 3 unspecified atom stereocenters. The van der Waals surface area contributed by atoms with Gasteiger partial charge in [-0.15, -0.1) is 45.3 Å². The Labute approximate surface area is 444 Å². The Hall–Kier alpha value is -7.91. The smallest absolute Gasteiger partial charge is 0.408 e. The zero-order valence-electron chi connectivity index (χ0n) is 42.0. The minimum atomic E-state index is -1.34. The molecule has 0 aliphatic rings. The largest absolute Gasteiger partial charge is 0.479 e. The second kappa shape index (κ2) is 36.1. The molecule has 6 amide bonds. The van der Waals surface area contributed by atoms with Gasteiger partial charge >= 0.3 is 36.1 Å². The number of anilines is 4. The number of carbonyl (C=O) groups is 10. The standard InChI is InChI=1S/C13H19N3O5S.C11H15N3O5S.C8H9N5O3S.C8H10N2O3S.CH4O/c1-5-20-10(18)9(16-12(19)21-13(2,3)4)8-6-22-11(15-8)14-7-17;1-11(2,3)19-10(18)14-7(8(16)17)6-4-20-9(13-6)12-5-15;1-2-16-7(15)6(12-13-9)5-3-17-8(11-5)10-4-14;1-2-13-7(12)3-6-4-14-8(10-6)9-5-11;1-2/h6-7,9H,5H2,1-4H3,(H,16,19)(H,14,15,17);4-5,7H,1-3H3,(H,14,18)(H,16,17)(H,12,13,15);3-4,6H,2H2,1H3,(H,10,11,14);4-5H,2-3H2,1H3,(H,9,10,11);2H,1H3. The van der Waals surface area contributed by atoms with Crippen molar-refractivity contribution in [1.82, 2.24) is 30.6 Å². The van der Waals surface area contributed by atoms with Crippen molar-refractivity contribution < 1.29 is 81.8 Å². The molecule has 0 aliphatic heterocycles. The topological polar surface area (TPSA) is 430 Å². The number of thiazole rings is 4. The molecule has 0 saturated carbocycles. The number of esters is 3. The number of aliphatic hydroxyl groups is 1. The third-order valence-corrected chi connectivity index (χ3v) is 10.3. The van der Waals surface area contributed by atoms with E-state index in [9.17, 15) is 47.9 Å². The summed E-state index contributed by atoms with van der Waals surface area (Å²) >= 11 is 4.57. The van der Waals surface area contributed by atoms with Gasteiger partial charge in [0.2, 0.25) is 25.6 Å². The first-order chi connectivity index (χ1) is 35.5. The molecule has 30 nitrogen and oxygen atoms in total. The molecule has 0 aromatic carbocycles. The van der Waals surface area contributed by atoms with Crippen molar-refractivity contribution in [2.75, 3.05) is 48.2 Å². The number of hydrogen-bond acceptors (Lipinski definition) is 25. The number of alkyl carbamates (subject to hydrolysis) is 2. The predicted molar refractivity (Wildman–Crippen MR) is 273 cm³/mol. The van der Waals surface area contributed by atoms with Gasteiger partial charge in [0, 0.05) is 33.5 Å². The van der Waals surface area contributed by atoms with Crippen LogP contribution in [0.5, 0.6) is 0 Å². The Kier molecular flexibility index (Phi) is 32.3. The molecule has 75 heavy (non-hydrogen) atoms. The Morgan fingerprint density at radius 2 is 0.987 bits per heavy atom. The summed E-state index contributed by atoms with van der Waals surface area (Å²) < 4.78 is 24.5. The molecule has 0 aliphatic carbocycles. The van der Waals surface area contributed by atoms with Gasteiger partial charge in [-0.2, -0.15) is 0 Å². The number of nitrogens with one attached hydrogen (secondary N) is 6.